The van der Waals surface area contributed by atoms with Crippen molar-refractivity contribution < 1.29 is 4.92 Å². The Labute approximate surface area is 164 Å². The standard InChI is InChI=1S/C21H23N5O2/c1-3-15(2)23-21-24-19(17-7-5-4-6-8-17)13-20(25-21)22-14-16-9-11-18(12-10-16)26(27)28/h4-13,15H,3,14H2,1-2H3,(H2,22,23,24,25)/t15-/m0/s1. The van der Waals surface area contributed by atoms with E-state index in [9.17, 15) is 10.1 Å². The van der Waals surface area contributed by atoms with Gasteiger partial charge in [0.15, 0.2) is 0 Å². The van der Waals surface area contributed by atoms with Crippen LogP contribution in [0.25, 0.3) is 11.3 Å². The quantitative estimate of drug-likeness (QED) is 0.429. The van der Waals surface area contributed by atoms with Crippen molar-refractivity contribution >= 4 is 17.5 Å². The number of hydrogen-bond donors (Lipinski definition) is 2. The molecule has 1 heterocycles. The van der Waals surface area contributed by atoms with Crippen molar-refractivity contribution in [2.45, 2.75) is 32.9 Å². The number of nitro benzene ring substituents is 1. The number of nitro groups is 1. The minimum Gasteiger partial charge on any atom is -0.366 e. The molecular weight excluding hydrogens is 354 g/mol. The van der Waals surface area contributed by atoms with Gasteiger partial charge in [-0.3, -0.25) is 10.1 Å². The fourth-order valence-corrected chi connectivity index (χ4v) is 2.61. The third-order valence-corrected chi connectivity index (χ3v) is 4.40. The molecule has 0 aliphatic heterocycles. The molecule has 7 heteroatoms. The first-order valence-corrected chi connectivity index (χ1v) is 9.23. The number of anilines is 2. The van der Waals surface area contributed by atoms with Crippen LogP contribution in [0.2, 0.25) is 0 Å². The van der Waals surface area contributed by atoms with Crippen molar-refractivity contribution in [1.82, 2.24) is 9.97 Å². The molecule has 0 aliphatic carbocycles. The highest BCUT2D eigenvalue weighted by atomic mass is 16.6. The molecule has 0 saturated heterocycles. The molecule has 0 aliphatic rings. The largest absolute Gasteiger partial charge is 0.366 e. The van der Waals surface area contributed by atoms with E-state index < -0.39 is 4.92 Å². The normalized spacial score (nSPS) is 11.6. The first-order valence-electron chi connectivity index (χ1n) is 9.23. The molecule has 0 unspecified atom stereocenters. The van der Waals surface area contributed by atoms with Crippen LogP contribution < -0.4 is 10.6 Å². The molecule has 0 fully saturated rings. The summed E-state index contributed by atoms with van der Waals surface area (Å²) >= 11 is 0. The molecule has 2 N–H and O–H groups in total. The highest BCUT2D eigenvalue weighted by Crippen LogP contribution is 2.22. The van der Waals surface area contributed by atoms with Crippen LogP contribution in [0.1, 0.15) is 25.8 Å². The fourth-order valence-electron chi connectivity index (χ4n) is 2.61. The topological polar surface area (TPSA) is 93.0 Å². The lowest BCUT2D eigenvalue weighted by Gasteiger charge is -2.14. The van der Waals surface area contributed by atoms with E-state index in [1.807, 2.05) is 36.4 Å². The summed E-state index contributed by atoms with van der Waals surface area (Å²) in [5.41, 5.74) is 2.85. The van der Waals surface area contributed by atoms with Crippen LogP contribution >= 0.6 is 0 Å². The molecule has 1 aromatic heterocycles. The van der Waals surface area contributed by atoms with Crippen LogP contribution in [0.4, 0.5) is 17.5 Å². The van der Waals surface area contributed by atoms with Gasteiger partial charge in [0.05, 0.1) is 10.6 Å². The van der Waals surface area contributed by atoms with Gasteiger partial charge in [0.25, 0.3) is 5.69 Å². The average Bonchev–Trinajstić information content (AvgIpc) is 2.73. The predicted octanol–water partition coefficient (Wildman–Crippen LogP) is 4.87. The summed E-state index contributed by atoms with van der Waals surface area (Å²) < 4.78 is 0. The molecule has 1 atom stereocenters. The van der Waals surface area contributed by atoms with Crippen LogP contribution in [-0.4, -0.2) is 20.9 Å². The number of rotatable bonds is 8. The van der Waals surface area contributed by atoms with Gasteiger partial charge < -0.3 is 10.6 Å². The van der Waals surface area contributed by atoms with Crippen molar-refractivity contribution in [2.75, 3.05) is 10.6 Å². The van der Waals surface area contributed by atoms with Gasteiger partial charge >= 0.3 is 0 Å². The second kappa shape index (κ2) is 8.94. The molecule has 3 aromatic rings. The second-order valence-electron chi connectivity index (χ2n) is 6.56. The lowest BCUT2D eigenvalue weighted by molar-refractivity contribution is -0.384. The minimum absolute atomic E-state index is 0.0807. The molecule has 144 valence electrons. The van der Waals surface area contributed by atoms with Crippen molar-refractivity contribution in [2.24, 2.45) is 0 Å². The Kier molecular flexibility index (Phi) is 6.16. The van der Waals surface area contributed by atoms with E-state index in [0.29, 0.717) is 18.3 Å². The third kappa shape index (κ3) is 5.03. The highest BCUT2D eigenvalue weighted by molar-refractivity contribution is 5.64. The first-order chi connectivity index (χ1) is 13.5. The smallest absolute Gasteiger partial charge is 0.269 e. The summed E-state index contributed by atoms with van der Waals surface area (Å²) in [5.74, 6) is 1.26. The summed E-state index contributed by atoms with van der Waals surface area (Å²) in [6, 6.07) is 18.6. The van der Waals surface area contributed by atoms with Crippen molar-refractivity contribution in [3.05, 3.63) is 76.3 Å². The van der Waals surface area contributed by atoms with E-state index in [4.69, 9.17) is 0 Å². The van der Waals surface area contributed by atoms with Crippen LogP contribution in [0.3, 0.4) is 0 Å². The van der Waals surface area contributed by atoms with E-state index in [-0.39, 0.29) is 11.7 Å². The summed E-state index contributed by atoms with van der Waals surface area (Å²) in [5, 5.41) is 17.4. The first kappa shape index (κ1) is 19.3. The SMILES string of the molecule is CC[C@H](C)Nc1nc(NCc2ccc([N+](=O)[O-])cc2)cc(-c2ccccc2)n1. The van der Waals surface area contributed by atoms with E-state index >= 15 is 0 Å². The summed E-state index contributed by atoms with van der Waals surface area (Å²) in [7, 11) is 0. The van der Waals surface area contributed by atoms with Gasteiger partial charge in [0.2, 0.25) is 5.95 Å². The van der Waals surface area contributed by atoms with Crippen molar-refractivity contribution in [3.63, 3.8) is 0 Å². The van der Waals surface area contributed by atoms with Crippen LogP contribution in [-0.2, 0) is 6.54 Å². The Bertz CT molecular complexity index is 929. The molecule has 0 radical (unpaired) electrons. The van der Waals surface area contributed by atoms with Gasteiger partial charge in [0.1, 0.15) is 5.82 Å². The Morgan fingerprint density at radius 2 is 1.79 bits per heavy atom. The monoisotopic (exact) mass is 377 g/mol. The lowest BCUT2D eigenvalue weighted by atomic mass is 10.1. The maximum absolute atomic E-state index is 10.8. The zero-order valence-corrected chi connectivity index (χ0v) is 15.9. The summed E-state index contributed by atoms with van der Waals surface area (Å²) in [6.07, 6.45) is 0.963. The Morgan fingerprint density at radius 3 is 2.43 bits per heavy atom. The third-order valence-electron chi connectivity index (χ3n) is 4.40. The number of nitrogens with one attached hydrogen (secondary N) is 2. The van der Waals surface area contributed by atoms with Gasteiger partial charge in [-0.25, -0.2) is 4.98 Å². The summed E-state index contributed by atoms with van der Waals surface area (Å²) in [6.45, 7) is 4.70. The number of hydrogen-bond acceptors (Lipinski definition) is 6. The Hall–Kier alpha value is -3.48. The molecule has 3 rings (SSSR count). The fraction of sp³-hybridized carbons (Fsp3) is 0.238. The zero-order chi connectivity index (χ0) is 19.9. The van der Waals surface area contributed by atoms with Gasteiger partial charge in [-0.15, -0.1) is 0 Å². The molecule has 7 nitrogen and oxygen atoms in total. The highest BCUT2D eigenvalue weighted by Gasteiger charge is 2.09. The maximum atomic E-state index is 10.8. The minimum atomic E-state index is -0.402. The number of nitrogens with zero attached hydrogens (tertiary/aromatic N) is 3. The molecule has 0 bridgehead atoms. The molecule has 28 heavy (non-hydrogen) atoms. The van der Waals surface area contributed by atoms with Crippen molar-refractivity contribution in [1.29, 1.82) is 0 Å². The molecular formula is C21H23N5O2. The van der Waals surface area contributed by atoms with Gasteiger partial charge in [0, 0.05) is 36.3 Å². The number of aromatic nitrogens is 2. The van der Waals surface area contributed by atoms with E-state index in [2.05, 4.69) is 34.4 Å². The Morgan fingerprint density at radius 1 is 1.07 bits per heavy atom. The molecule has 0 saturated carbocycles. The molecule has 2 aromatic carbocycles. The Balaban J connectivity index is 1.82. The van der Waals surface area contributed by atoms with Crippen molar-refractivity contribution in [3.8, 4) is 11.3 Å². The zero-order valence-electron chi connectivity index (χ0n) is 15.9. The van der Waals surface area contributed by atoms with E-state index in [1.54, 1.807) is 12.1 Å². The maximum Gasteiger partial charge on any atom is 0.269 e. The van der Waals surface area contributed by atoms with E-state index in [0.717, 1.165) is 23.2 Å². The summed E-state index contributed by atoms with van der Waals surface area (Å²) in [4.78, 5) is 19.6. The predicted molar refractivity (Wildman–Crippen MR) is 111 cm³/mol. The number of benzene rings is 2. The van der Waals surface area contributed by atoms with Gasteiger partial charge in [-0.2, -0.15) is 4.98 Å². The molecule has 0 spiro atoms. The van der Waals surface area contributed by atoms with Crippen LogP contribution in [0, 0.1) is 10.1 Å². The van der Waals surface area contributed by atoms with Gasteiger partial charge in [-0.05, 0) is 18.9 Å². The van der Waals surface area contributed by atoms with Gasteiger partial charge in [-0.1, -0.05) is 49.4 Å². The molecule has 0 amide bonds. The second-order valence-corrected chi connectivity index (χ2v) is 6.56. The van der Waals surface area contributed by atoms with E-state index in [1.165, 1.54) is 12.1 Å². The lowest BCUT2D eigenvalue weighted by Crippen LogP contribution is -2.16. The average molecular weight is 377 g/mol. The van der Waals surface area contributed by atoms with Crippen LogP contribution in [0.15, 0.2) is 60.7 Å². The van der Waals surface area contributed by atoms with Crippen LogP contribution in [0.5, 0.6) is 0 Å². The number of non-ortho nitro benzene ring substituents is 1.